The zero-order chi connectivity index (χ0) is 15.6. The highest BCUT2D eigenvalue weighted by Gasteiger charge is 2.25. The molecule has 0 bridgehead atoms. The summed E-state index contributed by atoms with van der Waals surface area (Å²) in [6, 6.07) is 1.93. The van der Waals surface area contributed by atoms with E-state index >= 15 is 0 Å². The van der Waals surface area contributed by atoms with E-state index in [0.29, 0.717) is 11.5 Å². The molecule has 1 aromatic rings. The number of hydrogen-bond donors (Lipinski definition) is 2. The second-order valence-corrected chi connectivity index (χ2v) is 6.71. The van der Waals surface area contributed by atoms with Gasteiger partial charge in [-0.3, -0.25) is 4.90 Å². The van der Waals surface area contributed by atoms with Gasteiger partial charge in [0, 0.05) is 38.9 Å². The first-order valence-electron chi connectivity index (χ1n) is 7.23. The minimum absolute atomic E-state index is 0.398. The lowest BCUT2D eigenvalue weighted by Gasteiger charge is -2.38. The molecule has 5 nitrogen and oxygen atoms in total. The SMILES string of the molecule is Cc1ccnc(N2CCN(CC(C)(C)O)CC2)c1C(N)=S. The van der Waals surface area contributed by atoms with Crippen molar-refractivity contribution >= 4 is 23.0 Å². The first-order valence-corrected chi connectivity index (χ1v) is 7.64. The Morgan fingerprint density at radius 2 is 2.00 bits per heavy atom. The van der Waals surface area contributed by atoms with Crippen LogP contribution in [0.3, 0.4) is 0 Å². The van der Waals surface area contributed by atoms with Gasteiger partial charge in [-0.15, -0.1) is 0 Å². The quantitative estimate of drug-likeness (QED) is 0.806. The van der Waals surface area contributed by atoms with Gasteiger partial charge in [-0.2, -0.15) is 0 Å². The lowest BCUT2D eigenvalue weighted by Crippen LogP contribution is -2.51. The van der Waals surface area contributed by atoms with Crippen LogP contribution >= 0.6 is 12.2 Å². The number of aliphatic hydroxyl groups is 1. The van der Waals surface area contributed by atoms with E-state index in [1.807, 2.05) is 26.8 Å². The van der Waals surface area contributed by atoms with Crippen LogP contribution in [0.5, 0.6) is 0 Å². The van der Waals surface area contributed by atoms with Crippen molar-refractivity contribution in [1.82, 2.24) is 9.88 Å². The molecule has 0 amide bonds. The highest BCUT2D eigenvalue weighted by Crippen LogP contribution is 2.22. The molecule has 0 atom stereocenters. The summed E-state index contributed by atoms with van der Waals surface area (Å²) in [5.41, 5.74) is 7.13. The summed E-state index contributed by atoms with van der Waals surface area (Å²) < 4.78 is 0. The van der Waals surface area contributed by atoms with Crippen LogP contribution in [0.1, 0.15) is 25.0 Å². The van der Waals surface area contributed by atoms with E-state index in [9.17, 15) is 5.11 Å². The molecule has 0 aromatic carbocycles. The summed E-state index contributed by atoms with van der Waals surface area (Å²) in [6.45, 7) is 9.89. The lowest BCUT2D eigenvalue weighted by atomic mass is 10.1. The van der Waals surface area contributed by atoms with Crippen LogP contribution < -0.4 is 10.6 Å². The highest BCUT2D eigenvalue weighted by atomic mass is 32.1. The molecular formula is C15H24N4OS. The van der Waals surface area contributed by atoms with Gasteiger partial charge in [0.1, 0.15) is 10.8 Å². The van der Waals surface area contributed by atoms with Crippen molar-refractivity contribution in [3.8, 4) is 0 Å². The molecule has 1 aromatic heterocycles. The molecule has 6 heteroatoms. The Balaban J connectivity index is 2.10. The number of hydrogen-bond acceptors (Lipinski definition) is 5. The molecule has 0 unspecified atom stereocenters. The third-order valence-corrected chi connectivity index (χ3v) is 3.87. The number of β-amino-alcohol motifs (C(OH)–C–C–N with tert-alkyl or cyclic N) is 1. The third-order valence-electron chi connectivity index (χ3n) is 3.67. The van der Waals surface area contributed by atoms with Crippen molar-refractivity contribution in [2.45, 2.75) is 26.4 Å². The lowest BCUT2D eigenvalue weighted by molar-refractivity contribution is 0.0344. The average molecular weight is 308 g/mol. The van der Waals surface area contributed by atoms with Crippen LogP contribution in [0, 0.1) is 6.92 Å². The number of nitrogens with two attached hydrogens (primary N) is 1. The van der Waals surface area contributed by atoms with Crippen molar-refractivity contribution in [3.63, 3.8) is 0 Å². The Morgan fingerprint density at radius 3 is 2.52 bits per heavy atom. The molecule has 1 saturated heterocycles. The monoisotopic (exact) mass is 308 g/mol. The molecule has 21 heavy (non-hydrogen) atoms. The fourth-order valence-electron chi connectivity index (χ4n) is 2.75. The Labute approximate surface area is 131 Å². The van der Waals surface area contributed by atoms with Crippen LogP contribution in [0.15, 0.2) is 12.3 Å². The van der Waals surface area contributed by atoms with Gasteiger partial charge < -0.3 is 15.7 Å². The molecule has 1 aliphatic heterocycles. The van der Waals surface area contributed by atoms with E-state index in [0.717, 1.165) is 43.1 Å². The zero-order valence-corrected chi connectivity index (χ0v) is 13.8. The van der Waals surface area contributed by atoms with Crippen molar-refractivity contribution in [1.29, 1.82) is 0 Å². The largest absolute Gasteiger partial charge is 0.389 e. The van der Waals surface area contributed by atoms with E-state index in [1.54, 1.807) is 6.20 Å². The minimum Gasteiger partial charge on any atom is -0.389 e. The number of nitrogens with zero attached hydrogens (tertiary/aromatic N) is 3. The fraction of sp³-hybridized carbons (Fsp3) is 0.600. The number of piperazine rings is 1. The topological polar surface area (TPSA) is 65.6 Å². The Kier molecular flexibility index (Phi) is 4.81. The standard InChI is InChI=1S/C15H24N4OS/c1-11-4-5-17-14(12(11)13(16)21)19-8-6-18(7-9-19)10-15(2,3)20/h4-5,20H,6-10H2,1-3H3,(H2,16,21). The predicted octanol–water partition coefficient (Wildman–Crippen LogP) is 0.917. The van der Waals surface area contributed by atoms with E-state index < -0.39 is 5.60 Å². The van der Waals surface area contributed by atoms with Crippen molar-refractivity contribution in [2.24, 2.45) is 5.73 Å². The maximum atomic E-state index is 9.90. The first kappa shape index (κ1) is 16.1. The summed E-state index contributed by atoms with van der Waals surface area (Å²) in [6.07, 6.45) is 1.80. The number of aryl methyl sites for hydroxylation is 1. The number of thiocarbonyl (C=S) groups is 1. The van der Waals surface area contributed by atoms with Gasteiger partial charge in [0.15, 0.2) is 0 Å². The molecule has 1 fully saturated rings. The summed E-state index contributed by atoms with van der Waals surface area (Å²) in [7, 11) is 0. The van der Waals surface area contributed by atoms with Crippen LogP contribution in [0.4, 0.5) is 5.82 Å². The van der Waals surface area contributed by atoms with E-state index in [-0.39, 0.29) is 0 Å². The predicted molar refractivity (Wildman–Crippen MR) is 89.8 cm³/mol. The Hall–Kier alpha value is -1.24. The summed E-state index contributed by atoms with van der Waals surface area (Å²) in [5.74, 6) is 0.880. The van der Waals surface area contributed by atoms with E-state index in [1.165, 1.54) is 0 Å². The number of anilines is 1. The van der Waals surface area contributed by atoms with Crippen LogP contribution in [0.25, 0.3) is 0 Å². The molecular weight excluding hydrogens is 284 g/mol. The second-order valence-electron chi connectivity index (χ2n) is 6.27. The molecule has 2 heterocycles. The van der Waals surface area contributed by atoms with Gasteiger partial charge >= 0.3 is 0 Å². The fourth-order valence-corrected chi connectivity index (χ4v) is 3.01. The van der Waals surface area contributed by atoms with Gasteiger partial charge in [0.05, 0.1) is 11.2 Å². The van der Waals surface area contributed by atoms with Crippen molar-refractivity contribution in [3.05, 3.63) is 23.4 Å². The maximum Gasteiger partial charge on any atom is 0.139 e. The molecule has 116 valence electrons. The number of aromatic nitrogens is 1. The average Bonchev–Trinajstić information content (AvgIpc) is 2.37. The van der Waals surface area contributed by atoms with E-state index in [2.05, 4.69) is 14.8 Å². The molecule has 0 radical (unpaired) electrons. The summed E-state index contributed by atoms with van der Waals surface area (Å²) in [5, 5.41) is 9.90. The Bertz CT molecular complexity index is 519. The van der Waals surface area contributed by atoms with Crippen LogP contribution in [-0.4, -0.2) is 58.3 Å². The van der Waals surface area contributed by atoms with Crippen molar-refractivity contribution < 1.29 is 5.11 Å². The van der Waals surface area contributed by atoms with Crippen LogP contribution in [0.2, 0.25) is 0 Å². The zero-order valence-electron chi connectivity index (χ0n) is 13.0. The molecule has 1 aliphatic rings. The third kappa shape index (κ3) is 4.12. The first-order chi connectivity index (χ1) is 9.78. The van der Waals surface area contributed by atoms with Gasteiger partial charge in [0.25, 0.3) is 0 Å². The number of rotatable bonds is 4. The van der Waals surface area contributed by atoms with Crippen molar-refractivity contribution in [2.75, 3.05) is 37.6 Å². The molecule has 2 rings (SSSR count). The number of pyridine rings is 1. The normalized spacial score (nSPS) is 17.0. The minimum atomic E-state index is -0.659. The summed E-state index contributed by atoms with van der Waals surface area (Å²) >= 11 is 5.17. The summed E-state index contributed by atoms with van der Waals surface area (Å²) in [4.78, 5) is 9.37. The molecule has 3 N–H and O–H groups in total. The second kappa shape index (κ2) is 6.25. The molecule has 0 saturated carbocycles. The van der Waals surface area contributed by atoms with E-state index in [4.69, 9.17) is 18.0 Å². The maximum absolute atomic E-state index is 9.90. The van der Waals surface area contributed by atoms with Gasteiger partial charge in [-0.25, -0.2) is 4.98 Å². The smallest absolute Gasteiger partial charge is 0.139 e. The van der Waals surface area contributed by atoms with Gasteiger partial charge in [-0.1, -0.05) is 12.2 Å². The van der Waals surface area contributed by atoms with Gasteiger partial charge in [0.2, 0.25) is 0 Å². The molecule has 0 spiro atoms. The molecule has 0 aliphatic carbocycles. The Morgan fingerprint density at radius 1 is 1.38 bits per heavy atom. The highest BCUT2D eigenvalue weighted by molar-refractivity contribution is 7.80. The van der Waals surface area contributed by atoms with Crippen LogP contribution in [-0.2, 0) is 0 Å². The van der Waals surface area contributed by atoms with Gasteiger partial charge in [-0.05, 0) is 32.4 Å².